The molecule has 0 unspecified atom stereocenters. The predicted molar refractivity (Wildman–Crippen MR) is 166 cm³/mol. The van der Waals surface area contributed by atoms with Gasteiger partial charge in [-0.05, 0) is 90.9 Å². The Labute approximate surface area is 254 Å². The van der Waals surface area contributed by atoms with Gasteiger partial charge >= 0.3 is 6.01 Å². The van der Waals surface area contributed by atoms with Crippen LogP contribution in [0.15, 0.2) is 36.4 Å². The Hall–Kier alpha value is -3.76. The summed E-state index contributed by atoms with van der Waals surface area (Å²) in [7, 11) is 0. The molecular weight excluding hydrogens is 564 g/mol. The van der Waals surface area contributed by atoms with Gasteiger partial charge in [0.05, 0.1) is 11.1 Å². The van der Waals surface area contributed by atoms with Gasteiger partial charge in [0.2, 0.25) is 0 Å². The SMILES string of the molecule is CCc1c(F)ccc2cc(O)cc(-c3cc4nc(OC[C@@]56CCCN5C[C@H](F)C6)nc(N5C[C@H]6CC[C@@H](C5)N6)c4cc3O)c12. The normalized spacial score (nSPS) is 26.6. The number of benzene rings is 3. The Morgan fingerprint density at radius 1 is 1.05 bits per heavy atom. The first-order valence-corrected chi connectivity index (χ1v) is 15.8. The van der Waals surface area contributed by atoms with Crippen molar-refractivity contribution in [1.82, 2.24) is 20.2 Å². The first kappa shape index (κ1) is 27.8. The van der Waals surface area contributed by atoms with Crippen molar-refractivity contribution in [2.75, 3.05) is 37.7 Å². The number of alkyl halides is 1. The Morgan fingerprint density at radius 2 is 1.86 bits per heavy atom. The van der Waals surface area contributed by atoms with E-state index >= 15 is 0 Å². The van der Waals surface area contributed by atoms with E-state index in [-0.39, 0.29) is 28.9 Å². The largest absolute Gasteiger partial charge is 0.508 e. The van der Waals surface area contributed by atoms with Crippen LogP contribution in [0, 0.1) is 5.82 Å². The van der Waals surface area contributed by atoms with Gasteiger partial charge in [0.25, 0.3) is 0 Å². The summed E-state index contributed by atoms with van der Waals surface area (Å²) in [5.41, 5.74) is 1.71. The predicted octanol–water partition coefficient (Wildman–Crippen LogP) is 5.46. The van der Waals surface area contributed by atoms with E-state index in [9.17, 15) is 19.0 Å². The topological polar surface area (TPSA) is 94.0 Å². The van der Waals surface area contributed by atoms with Crippen molar-refractivity contribution in [2.45, 2.75) is 69.2 Å². The van der Waals surface area contributed by atoms with Gasteiger partial charge in [0, 0.05) is 49.1 Å². The number of phenolic OH excluding ortho intramolecular Hbond substituents is 2. The molecule has 0 radical (unpaired) electrons. The second-order valence-electron chi connectivity index (χ2n) is 13.1. The molecule has 8 rings (SSSR count). The third-order valence-corrected chi connectivity index (χ3v) is 10.3. The van der Waals surface area contributed by atoms with Gasteiger partial charge in [-0.1, -0.05) is 13.0 Å². The minimum Gasteiger partial charge on any atom is -0.508 e. The van der Waals surface area contributed by atoms with Crippen molar-refractivity contribution < 1.29 is 23.7 Å². The maximum Gasteiger partial charge on any atom is 0.319 e. The van der Waals surface area contributed by atoms with Crippen LogP contribution in [0.4, 0.5) is 14.6 Å². The van der Waals surface area contributed by atoms with E-state index in [0.717, 1.165) is 45.3 Å². The average Bonchev–Trinajstić information content (AvgIpc) is 3.65. The number of anilines is 1. The quantitative estimate of drug-likeness (QED) is 0.269. The lowest BCUT2D eigenvalue weighted by Crippen LogP contribution is -2.51. The van der Waals surface area contributed by atoms with Crippen molar-refractivity contribution in [3.63, 3.8) is 0 Å². The lowest BCUT2D eigenvalue weighted by molar-refractivity contribution is 0.107. The third-order valence-electron chi connectivity index (χ3n) is 10.3. The summed E-state index contributed by atoms with van der Waals surface area (Å²) in [6.07, 6.45) is 4.15. The number of hydrogen-bond acceptors (Lipinski definition) is 8. The number of phenols is 2. The molecule has 0 saturated carbocycles. The number of nitrogens with zero attached hydrogens (tertiary/aromatic N) is 4. The molecule has 1 aromatic heterocycles. The summed E-state index contributed by atoms with van der Waals surface area (Å²) in [6.45, 7) is 5.07. The number of hydrogen-bond donors (Lipinski definition) is 3. The minimum absolute atomic E-state index is 0.00670. The Kier molecular flexibility index (Phi) is 6.57. The molecule has 4 aliphatic heterocycles. The number of aromatic nitrogens is 2. The molecule has 44 heavy (non-hydrogen) atoms. The molecule has 4 atom stereocenters. The number of piperazine rings is 1. The number of fused-ring (bicyclic) bond motifs is 5. The zero-order chi connectivity index (χ0) is 30.2. The second kappa shape index (κ2) is 10.4. The number of nitrogens with one attached hydrogen (secondary N) is 1. The summed E-state index contributed by atoms with van der Waals surface area (Å²) in [4.78, 5) is 14.2. The van der Waals surface area contributed by atoms with Gasteiger partial charge in [-0.2, -0.15) is 9.97 Å². The van der Waals surface area contributed by atoms with Crippen LogP contribution in [0.2, 0.25) is 0 Å². The molecule has 5 heterocycles. The van der Waals surface area contributed by atoms with E-state index in [1.807, 2.05) is 6.92 Å². The van der Waals surface area contributed by atoms with E-state index in [1.165, 1.54) is 6.07 Å². The van der Waals surface area contributed by atoms with E-state index in [4.69, 9.17) is 14.7 Å². The van der Waals surface area contributed by atoms with Gasteiger partial charge in [0.1, 0.15) is 35.9 Å². The number of ether oxygens (including phenoxy) is 1. The highest BCUT2D eigenvalue weighted by molar-refractivity contribution is 6.04. The van der Waals surface area contributed by atoms with E-state index < -0.39 is 6.17 Å². The lowest BCUT2D eigenvalue weighted by atomic mass is 9.92. The summed E-state index contributed by atoms with van der Waals surface area (Å²) in [6, 6.07) is 10.6. The van der Waals surface area contributed by atoms with Crippen LogP contribution in [0.3, 0.4) is 0 Å². The van der Waals surface area contributed by atoms with Gasteiger partial charge in [-0.15, -0.1) is 0 Å². The number of halogens is 2. The summed E-state index contributed by atoms with van der Waals surface area (Å²) in [5.74, 6) is 0.380. The van der Waals surface area contributed by atoms with Crippen LogP contribution < -0.4 is 15.0 Å². The summed E-state index contributed by atoms with van der Waals surface area (Å²) in [5, 5.41) is 27.8. The maximum atomic E-state index is 15.0. The summed E-state index contributed by atoms with van der Waals surface area (Å²) < 4.78 is 35.8. The summed E-state index contributed by atoms with van der Waals surface area (Å²) >= 11 is 0. The van der Waals surface area contributed by atoms with Crippen molar-refractivity contribution in [3.05, 3.63) is 47.8 Å². The van der Waals surface area contributed by atoms with E-state index in [1.54, 1.807) is 30.3 Å². The van der Waals surface area contributed by atoms with Crippen molar-refractivity contribution >= 4 is 27.5 Å². The fourth-order valence-electron chi connectivity index (χ4n) is 8.32. The fraction of sp³-hybridized carbons (Fsp3) is 0.471. The van der Waals surface area contributed by atoms with Crippen LogP contribution in [0.1, 0.15) is 44.6 Å². The molecule has 4 aromatic rings. The molecule has 4 aliphatic rings. The molecule has 0 aliphatic carbocycles. The number of aromatic hydroxyl groups is 2. The molecule has 0 spiro atoms. The first-order chi connectivity index (χ1) is 21.3. The number of aryl methyl sites for hydroxylation is 1. The molecule has 2 bridgehead atoms. The molecular formula is C34H37F2N5O3. The maximum absolute atomic E-state index is 15.0. The molecule has 10 heteroatoms. The van der Waals surface area contributed by atoms with E-state index in [0.29, 0.717) is 82.3 Å². The minimum atomic E-state index is -0.858. The Bertz CT molecular complexity index is 1770. The number of rotatable bonds is 6. The average molecular weight is 602 g/mol. The highest BCUT2D eigenvalue weighted by Gasteiger charge is 2.49. The van der Waals surface area contributed by atoms with Crippen LogP contribution in [0.25, 0.3) is 32.8 Å². The zero-order valence-electron chi connectivity index (χ0n) is 24.8. The molecule has 230 valence electrons. The molecule has 3 aromatic carbocycles. The first-order valence-electron chi connectivity index (χ1n) is 15.8. The van der Waals surface area contributed by atoms with Gasteiger partial charge in [-0.25, -0.2) is 8.78 Å². The smallest absolute Gasteiger partial charge is 0.319 e. The molecule has 4 saturated heterocycles. The van der Waals surface area contributed by atoms with Gasteiger partial charge < -0.3 is 25.2 Å². The monoisotopic (exact) mass is 601 g/mol. The molecule has 3 N–H and O–H groups in total. The molecule has 0 amide bonds. The van der Waals surface area contributed by atoms with Crippen LogP contribution in [0.5, 0.6) is 17.5 Å². The lowest BCUT2D eigenvalue weighted by Gasteiger charge is -2.34. The van der Waals surface area contributed by atoms with Crippen LogP contribution in [-0.2, 0) is 6.42 Å². The second-order valence-corrected chi connectivity index (χ2v) is 13.1. The van der Waals surface area contributed by atoms with Crippen LogP contribution in [-0.4, -0.2) is 81.7 Å². The van der Waals surface area contributed by atoms with Crippen LogP contribution >= 0.6 is 0 Å². The standard InChI is InChI=1S/C34H37F2N5O3/c1-2-24-28(36)7-4-19-10-23(42)11-26(31(19)24)25-12-29-27(13-30(25)43)32(40-16-21-5-6-22(17-40)37-21)39-33(38-29)44-18-34-8-3-9-41(34)15-20(35)14-34/h4,7,10-13,20-22,37,42-43H,2-3,5-6,8-9,14-18H2,1H3/t20-,21-,22+,34+/m1/s1. The van der Waals surface area contributed by atoms with E-state index in [2.05, 4.69) is 15.1 Å². The molecule has 8 nitrogen and oxygen atoms in total. The Morgan fingerprint density at radius 3 is 2.66 bits per heavy atom. The third kappa shape index (κ3) is 4.53. The highest BCUT2D eigenvalue weighted by Crippen LogP contribution is 2.44. The van der Waals surface area contributed by atoms with Crippen molar-refractivity contribution in [1.29, 1.82) is 0 Å². The fourth-order valence-corrected chi connectivity index (χ4v) is 8.32. The Balaban J connectivity index is 1.27. The van der Waals surface area contributed by atoms with Gasteiger partial charge in [0.15, 0.2) is 0 Å². The van der Waals surface area contributed by atoms with Crippen molar-refractivity contribution in [3.8, 4) is 28.6 Å². The van der Waals surface area contributed by atoms with Crippen molar-refractivity contribution in [2.24, 2.45) is 0 Å². The highest BCUT2D eigenvalue weighted by atomic mass is 19.1. The zero-order valence-corrected chi connectivity index (χ0v) is 24.8. The van der Waals surface area contributed by atoms with Gasteiger partial charge in [-0.3, -0.25) is 4.90 Å². The molecule has 4 fully saturated rings.